The van der Waals surface area contributed by atoms with Gasteiger partial charge in [0, 0.05) is 11.8 Å². The zero-order chi connectivity index (χ0) is 21.8. The molecule has 9 heteroatoms. The van der Waals surface area contributed by atoms with Crippen LogP contribution in [0.15, 0.2) is 0 Å². The maximum Gasteiger partial charge on any atom is 0.344 e. The fourth-order valence-electron chi connectivity index (χ4n) is 2.65. The van der Waals surface area contributed by atoms with E-state index in [2.05, 4.69) is 5.32 Å². The van der Waals surface area contributed by atoms with Gasteiger partial charge in [-0.2, -0.15) is 0 Å². The molecule has 29 heavy (non-hydrogen) atoms. The van der Waals surface area contributed by atoms with E-state index in [1.807, 2.05) is 0 Å². The van der Waals surface area contributed by atoms with Gasteiger partial charge in [-0.3, -0.25) is 9.59 Å². The van der Waals surface area contributed by atoms with Gasteiger partial charge in [-0.05, 0) is 19.8 Å². The number of halogens is 2. The number of carbonyl (C=O) groups is 3. The third-order valence-corrected chi connectivity index (χ3v) is 4.27. The van der Waals surface area contributed by atoms with Crippen molar-refractivity contribution in [1.82, 2.24) is 0 Å². The maximum atomic E-state index is 14.9. The average Bonchev–Trinajstić information content (AvgIpc) is 2.66. The van der Waals surface area contributed by atoms with Gasteiger partial charge in [0.05, 0.1) is 24.5 Å². The summed E-state index contributed by atoms with van der Waals surface area (Å²) in [6.45, 7) is 6.52. The van der Waals surface area contributed by atoms with Crippen molar-refractivity contribution in [2.24, 2.45) is 5.41 Å². The van der Waals surface area contributed by atoms with Gasteiger partial charge in [-0.15, -0.1) is 0 Å². The molecule has 1 aliphatic heterocycles. The van der Waals surface area contributed by atoms with E-state index in [0.717, 1.165) is 12.8 Å². The van der Waals surface area contributed by atoms with Crippen LogP contribution in [0.5, 0.6) is 5.75 Å². The number of ether oxygens (including phenoxy) is 3. The second kappa shape index (κ2) is 9.30. The highest BCUT2D eigenvalue weighted by atomic mass is 19.1. The molecule has 1 aromatic carbocycles. The second-order valence-corrected chi connectivity index (χ2v) is 7.58. The first-order valence-electron chi connectivity index (χ1n) is 9.38. The van der Waals surface area contributed by atoms with Crippen LogP contribution in [0.1, 0.15) is 67.7 Å². The highest BCUT2D eigenvalue weighted by Gasteiger charge is 2.34. The molecule has 1 N–H and O–H groups in total. The molecule has 160 valence electrons. The van der Waals surface area contributed by atoms with Crippen LogP contribution >= 0.6 is 0 Å². The number of anilines is 1. The number of benzene rings is 1. The molecule has 0 spiro atoms. The van der Waals surface area contributed by atoms with Crippen LogP contribution in [-0.4, -0.2) is 37.7 Å². The van der Waals surface area contributed by atoms with Gasteiger partial charge in [-0.25, -0.2) is 13.6 Å². The molecule has 1 aliphatic rings. The second-order valence-electron chi connectivity index (χ2n) is 7.58. The number of rotatable bonds is 6. The first kappa shape index (κ1) is 22.7. The topological polar surface area (TPSA) is 90.9 Å². The van der Waals surface area contributed by atoms with Crippen molar-refractivity contribution in [1.29, 1.82) is 0 Å². The lowest BCUT2D eigenvalue weighted by Crippen LogP contribution is -2.31. The maximum absolute atomic E-state index is 14.9. The van der Waals surface area contributed by atoms with E-state index in [9.17, 15) is 23.2 Å². The largest absolute Gasteiger partial charge is 0.462 e. The minimum Gasteiger partial charge on any atom is -0.462 e. The van der Waals surface area contributed by atoms with E-state index < -0.39 is 57.8 Å². The molecule has 2 rings (SSSR count). The van der Waals surface area contributed by atoms with Crippen molar-refractivity contribution in [3.8, 4) is 5.75 Å². The third kappa shape index (κ3) is 5.09. The Balaban J connectivity index is 2.67. The quantitative estimate of drug-likeness (QED) is 0.563. The number of esters is 1. The van der Waals surface area contributed by atoms with Crippen molar-refractivity contribution in [2.75, 3.05) is 18.5 Å². The summed E-state index contributed by atoms with van der Waals surface area (Å²) in [5.41, 5.74) is -3.23. The lowest BCUT2D eigenvalue weighted by molar-refractivity contribution is -0.123. The monoisotopic (exact) mass is 413 g/mol. The molecule has 0 aromatic heterocycles. The predicted octanol–water partition coefficient (Wildman–Crippen LogP) is 3.84. The fraction of sp³-hybridized carbons (Fsp3) is 0.550. The summed E-state index contributed by atoms with van der Waals surface area (Å²) in [4.78, 5) is 36.3. The first-order valence-corrected chi connectivity index (χ1v) is 9.38. The molecule has 1 aromatic rings. The molecule has 1 amide bonds. The van der Waals surface area contributed by atoms with Gasteiger partial charge in [0.1, 0.15) is 5.56 Å². The van der Waals surface area contributed by atoms with Crippen molar-refractivity contribution in [3.05, 3.63) is 22.8 Å². The van der Waals surface area contributed by atoms with Crippen LogP contribution in [0.3, 0.4) is 0 Å². The van der Waals surface area contributed by atoms with E-state index in [1.54, 1.807) is 20.8 Å². The smallest absolute Gasteiger partial charge is 0.344 e. The minimum absolute atomic E-state index is 0.0407. The Morgan fingerprint density at radius 3 is 2.45 bits per heavy atom. The summed E-state index contributed by atoms with van der Waals surface area (Å²) in [7, 11) is 0. The van der Waals surface area contributed by atoms with Crippen molar-refractivity contribution >= 4 is 23.9 Å². The minimum atomic E-state index is -1.38. The highest BCUT2D eigenvalue weighted by Crippen LogP contribution is 2.38. The van der Waals surface area contributed by atoms with Crippen molar-refractivity contribution in [3.63, 3.8) is 0 Å². The van der Waals surface area contributed by atoms with Gasteiger partial charge in [0.2, 0.25) is 5.91 Å². The van der Waals surface area contributed by atoms with Crippen LogP contribution in [0, 0.1) is 17.0 Å². The zero-order valence-electron chi connectivity index (χ0n) is 16.9. The van der Waals surface area contributed by atoms with Crippen LogP contribution in [0.25, 0.3) is 0 Å². The number of aldehydes is 1. The van der Waals surface area contributed by atoms with E-state index in [1.165, 1.54) is 6.92 Å². The molecule has 1 fully saturated rings. The van der Waals surface area contributed by atoms with Gasteiger partial charge >= 0.3 is 5.97 Å². The molecule has 0 bridgehead atoms. The molecule has 7 nitrogen and oxygen atoms in total. The number of nitrogens with one attached hydrogen (secondary N) is 1. The summed E-state index contributed by atoms with van der Waals surface area (Å²) in [6.07, 6.45) is 1.03. The van der Waals surface area contributed by atoms with Crippen LogP contribution in [0.2, 0.25) is 0 Å². The van der Waals surface area contributed by atoms with E-state index >= 15 is 0 Å². The zero-order valence-corrected chi connectivity index (χ0v) is 16.9. The number of hydrogen-bond donors (Lipinski definition) is 1. The van der Waals surface area contributed by atoms with E-state index in [-0.39, 0.29) is 12.9 Å². The van der Waals surface area contributed by atoms with Gasteiger partial charge in [-0.1, -0.05) is 20.8 Å². The summed E-state index contributed by atoms with van der Waals surface area (Å²) >= 11 is 0. The molecule has 1 saturated heterocycles. The Kier molecular flexibility index (Phi) is 7.29. The Bertz CT molecular complexity index is 797. The Hall–Kier alpha value is -2.55. The van der Waals surface area contributed by atoms with Gasteiger partial charge < -0.3 is 19.5 Å². The summed E-state index contributed by atoms with van der Waals surface area (Å²) in [5.74, 6) is -5.18. The Morgan fingerprint density at radius 1 is 1.24 bits per heavy atom. The van der Waals surface area contributed by atoms with E-state index in [4.69, 9.17) is 14.2 Å². The van der Waals surface area contributed by atoms with Crippen LogP contribution < -0.4 is 10.1 Å². The van der Waals surface area contributed by atoms with Crippen LogP contribution in [0.4, 0.5) is 14.5 Å². The standard InChI is InChI=1S/C20H25F2NO6/c1-5-27-18(25)13-16(23-19(26)20(2,3)4)14(21)11(10-24)15(22)17(13)29-12-8-6-7-9-28-12/h10,12H,5-9H2,1-4H3,(H,23,26). The SMILES string of the molecule is CCOC(=O)c1c(NC(=O)C(C)(C)C)c(F)c(C=O)c(F)c1OC1CCCCO1. The van der Waals surface area contributed by atoms with Crippen molar-refractivity contribution < 1.29 is 37.4 Å². The van der Waals surface area contributed by atoms with Crippen LogP contribution in [-0.2, 0) is 14.3 Å². The normalized spacial score (nSPS) is 16.8. The molecule has 1 atom stereocenters. The number of amides is 1. The number of carbonyl (C=O) groups excluding carboxylic acids is 3. The van der Waals surface area contributed by atoms with E-state index in [0.29, 0.717) is 13.0 Å². The molecule has 1 heterocycles. The first-order chi connectivity index (χ1) is 13.6. The van der Waals surface area contributed by atoms with Gasteiger partial charge in [0.15, 0.2) is 30.0 Å². The Labute approximate surface area is 167 Å². The summed E-state index contributed by atoms with van der Waals surface area (Å²) in [5, 5.41) is 2.28. The Morgan fingerprint density at radius 2 is 1.93 bits per heavy atom. The summed E-state index contributed by atoms with van der Waals surface area (Å²) in [6, 6.07) is 0. The number of hydrogen-bond acceptors (Lipinski definition) is 6. The van der Waals surface area contributed by atoms with Gasteiger partial charge in [0.25, 0.3) is 0 Å². The lowest BCUT2D eigenvalue weighted by Gasteiger charge is -2.26. The molecular weight excluding hydrogens is 388 g/mol. The third-order valence-electron chi connectivity index (χ3n) is 4.27. The molecule has 0 aliphatic carbocycles. The molecular formula is C20H25F2NO6. The molecule has 1 unspecified atom stereocenters. The lowest BCUT2D eigenvalue weighted by atomic mass is 9.95. The average molecular weight is 413 g/mol. The molecule has 0 radical (unpaired) electrons. The van der Waals surface area contributed by atoms with Crippen molar-refractivity contribution in [2.45, 2.75) is 53.2 Å². The highest BCUT2D eigenvalue weighted by molar-refractivity contribution is 6.06. The molecule has 0 saturated carbocycles. The fourth-order valence-corrected chi connectivity index (χ4v) is 2.65. The summed E-state index contributed by atoms with van der Waals surface area (Å²) < 4.78 is 45.7. The predicted molar refractivity (Wildman–Crippen MR) is 100 cm³/mol.